The summed E-state index contributed by atoms with van der Waals surface area (Å²) < 4.78 is 60.4. The minimum absolute atomic E-state index is 0.162. The molecule has 50 heavy (non-hydrogen) atoms. The highest BCUT2D eigenvalue weighted by molar-refractivity contribution is 6.06. The molecule has 0 bridgehead atoms. The number of aliphatic carboxylic acids is 1. The van der Waals surface area contributed by atoms with Gasteiger partial charge in [-0.15, -0.1) is 0 Å². The average molecular weight is 697 g/mol. The molecular formula is C34H36F4N8O4. The van der Waals surface area contributed by atoms with E-state index in [9.17, 15) is 22.4 Å². The lowest BCUT2D eigenvalue weighted by Crippen LogP contribution is -2.20. The molecule has 0 spiro atoms. The van der Waals surface area contributed by atoms with Crippen LogP contribution in [0.25, 0.3) is 28.0 Å². The third kappa shape index (κ3) is 9.29. The maximum absolute atomic E-state index is 14.4. The summed E-state index contributed by atoms with van der Waals surface area (Å²) in [5.41, 5.74) is 8.03. The van der Waals surface area contributed by atoms with E-state index < -0.39 is 35.0 Å². The number of hydrogen-bond donors (Lipinski definition) is 4. The van der Waals surface area contributed by atoms with Crippen LogP contribution < -0.4 is 21.1 Å². The number of carbonyl (C=O) groups is 2. The van der Waals surface area contributed by atoms with Crippen LogP contribution in [0.2, 0.25) is 0 Å². The molecule has 5 aromatic rings. The predicted molar refractivity (Wildman–Crippen MR) is 181 cm³/mol. The van der Waals surface area contributed by atoms with Gasteiger partial charge in [-0.25, -0.2) is 19.0 Å². The highest BCUT2D eigenvalue weighted by atomic mass is 19.4. The number of alkyl halides is 3. The second-order valence-corrected chi connectivity index (χ2v) is 11.3. The summed E-state index contributed by atoms with van der Waals surface area (Å²) in [6, 6.07) is 14.3. The summed E-state index contributed by atoms with van der Waals surface area (Å²) >= 11 is 0. The van der Waals surface area contributed by atoms with E-state index >= 15 is 0 Å². The van der Waals surface area contributed by atoms with Crippen LogP contribution in [-0.4, -0.2) is 75.9 Å². The molecule has 5 N–H and O–H groups in total. The molecule has 0 saturated carbocycles. The maximum atomic E-state index is 14.4. The van der Waals surface area contributed by atoms with Gasteiger partial charge in [0, 0.05) is 19.0 Å². The molecule has 0 fully saturated rings. The fourth-order valence-electron chi connectivity index (χ4n) is 4.87. The fraction of sp³-hybridized carbons (Fsp3) is 0.265. The quantitative estimate of drug-likeness (QED) is 0.101. The molecule has 0 radical (unpaired) electrons. The van der Waals surface area contributed by atoms with E-state index in [1.54, 1.807) is 16.8 Å². The Kier molecular flexibility index (Phi) is 12.1. The Labute approximate surface area is 284 Å². The van der Waals surface area contributed by atoms with Crippen molar-refractivity contribution in [1.29, 1.82) is 0 Å². The first-order chi connectivity index (χ1) is 23.7. The van der Waals surface area contributed by atoms with Crippen molar-refractivity contribution in [3.8, 4) is 22.7 Å². The number of methoxy groups -OCH3 is 1. The third-order valence-corrected chi connectivity index (χ3v) is 7.23. The Morgan fingerprint density at radius 1 is 1.04 bits per heavy atom. The van der Waals surface area contributed by atoms with E-state index in [1.165, 1.54) is 19.5 Å². The number of nitrogens with zero attached hydrogens (tertiary/aromatic N) is 5. The number of nitrogens with two attached hydrogens (primary N) is 1. The second-order valence-electron chi connectivity index (χ2n) is 11.3. The zero-order chi connectivity index (χ0) is 36.6. The number of nitrogen functional groups attached to an aromatic ring is 1. The maximum Gasteiger partial charge on any atom is 0.416 e. The Balaban J connectivity index is 0.00000133. The van der Waals surface area contributed by atoms with E-state index in [0.29, 0.717) is 28.4 Å². The molecule has 2 aromatic heterocycles. The molecule has 0 atom stereocenters. The summed E-state index contributed by atoms with van der Waals surface area (Å²) in [5.74, 6) is -2.69. The molecule has 1 amide bonds. The van der Waals surface area contributed by atoms with Gasteiger partial charge in [-0.2, -0.15) is 18.3 Å². The van der Waals surface area contributed by atoms with Gasteiger partial charge in [0.1, 0.15) is 29.4 Å². The number of benzene rings is 3. The van der Waals surface area contributed by atoms with Crippen molar-refractivity contribution >= 4 is 34.4 Å². The smallest absolute Gasteiger partial charge is 0.416 e. The third-order valence-electron chi connectivity index (χ3n) is 7.23. The van der Waals surface area contributed by atoms with Crippen molar-refractivity contribution in [2.75, 3.05) is 45.3 Å². The molecule has 0 unspecified atom stereocenters. The first-order valence-corrected chi connectivity index (χ1v) is 15.2. The van der Waals surface area contributed by atoms with Gasteiger partial charge in [-0.3, -0.25) is 9.59 Å². The number of carbonyl (C=O) groups excluding carboxylic acids is 1. The molecule has 0 aliphatic heterocycles. The lowest BCUT2D eigenvalue weighted by Gasteiger charge is -2.13. The molecule has 16 heteroatoms. The highest BCUT2D eigenvalue weighted by Crippen LogP contribution is 2.36. The second kappa shape index (κ2) is 16.2. The molecule has 5 rings (SSSR count). The topological polar surface area (TPSA) is 161 Å². The van der Waals surface area contributed by atoms with Crippen molar-refractivity contribution in [2.24, 2.45) is 0 Å². The Bertz CT molecular complexity index is 1960. The number of aromatic nitrogens is 4. The normalized spacial score (nSPS) is 11.3. The van der Waals surface area contributed by atoms with E-state index in [4.69, 9.17) is 25.5 Å². The van der Waals surface area contributed by atoms with Crippen molar-refractivity contribution < 1.29 is 37.0 Å². The number of hydrogen-bond acceptors (Lipinski definition) is 9. The summed E-state index contributed by atoms with van der Waals surface area (Å²) in [6.45, 7) is 3.72. The van der Waals surface area contributed by atoms with Crippen LogP contribution in [0.15, 0.2) is 67.0 Å². The van der Waals surface area contributed by atoms with Crippen LogP contribution >= 0.6 is 0 Å². The van der Waals surface area contributed by atoms with Crippen molar-refractivity contribution in [1.82, 2.24) is 30.0 Å². The first-order valence-electron chi connectivity index (χ1n) is 15.2. The Morgan fingerprint density at radius 3 is 2.36 bits per heavy atom. The van der Waals surface area contributed by atoms with E-state index in [1.807, 2.05) is 38.4 Å². The molecule has 12 nitrogen and oxygen atoms in total. The van der Waals surface area contributed by atoms with Crippen LogP contribution in [0.5, 0.6) is 5.75 Å². The van der Waals surface area contributed by atoms with Gasteiger partial charge < -0.3 is 31.1 Å². The molecule has 2 heterocycles. The van der Waals surface area contributed by atoms with Gasteiger partial charge in [0.15, 0.2) is 5.65 Å². The number of halogens is 4. The molecular weight excluding hydrogens is 660 g/mol. The van der Waals surface area contributed by atoms with E-state index in [0.717, 1.165) is 50.3 Å². The Morgan fingerprint density at radius 2 is 1.74 bits per heavy atom. The first kappa shape index (κ1) is 37.2. The minimum Gasteiger partial charge on any atom is -0.495 e. The number of carboxylic acids is 1. The van der Waals surface area contributed by atoms with Gasteiger partial charge in [0.2, 0.25) is 0 Å². The van der Waals surface area contributed by atoms with Crippen molar-refractivity contribution in [3.05, 3.63) is 89.5 Å². The molecule has 0 aliphatic carbocycles. The van der Waals surface area contributed by atoms with Crippen molar-refractivity contribution in [2.45, 2.75) is 26.1 Å². The molecule has 0 aliphatic rings. The number of ether oxygens (including phenoxy) is 1. The van der Waals surface area contributed by atoms with Gasteiger partial charge in [-0.1, -0.05) is 18.2 Å². The standard InChI is InChI=1S/C32H32F4N8O2.C2H4O2/c1-43(2)14-4-13-38-17-19-5-9-22(10-6-19)44-30-27(29(37)39-18-40-30)28(42-44)20-7-12-25(26(15-20)46-3)41-31(45)23-11-8-21(16-24(23)33)32(34,35)36;1-2(3)4/h5-12,15-16,18,38H,4,13-14,17H2,1-3H3,(H,41,45)(H2,37,39,40);1H3,(H,3,4). The number of carboxylic acid groups (broad SMARTS) is 1. The van der Waals surface area contributed by atoms with Gasteiger partial charge >= 0.3 is 6.18 Å². The van der Waals surface area contributed by atoms with E-state index in [2.05, 4.69) is 25.5 Å². The number of anilines is 2. The van der Waals surface area contributed by atoms with Gasteiger partial charge in [0.05, 0.1) is 35.0 Å². The molecule has 3 aromatic carbocycles. The minimum atomic E-state index is -4.74. The SMILES string of the molecule is CC(=O)O.COc1cc(-c2nn(-c3ccc(CNCCCN(C)C)cc3)c3ncnc(N)c23)ccc1NC(=O)c1ccc(C(F)(F)F)cc1F. The summed E-state index contributed by atoms with van der Waals surface area (Å²) in [6.07, 6.45) is -2.35. The van der Waals surface area contributed by atoms with Crippen LogP contribution in [-0.2, 0) is 17.5 Å². The lowest BCUT2D eigenvalue weighted by atomic mass is 10.1. The van der Waals surface area contributed by atoms with Crippen LogP contribution in [0.1, 0.15) is 34.8 Å². The summed E-state index contributed by atoms with van der Waals surface area (Å²) in [4.78, 5) is 32.5. The average Bonchev–Trinajstić information content (AvgIpc) is 3.45. The number of amides is 1. The predicted octanol–water partition coefficient (Wildman–Crippen LogP) is 5.62. The zero-order valence-electron chi connectivity index (χ0n) is 27.7. The monoisotopic (exact) mass is 696 g/mol. The van der Waals surface area contributed by atoms with Gasteiger partial charge in [0.25, 0.3) is 11.9 Å². The number of fused-ring (bicyclic) bond motifs is 1. The van der Waals surface area contributed by atoms with E-state index in [-0.39, 0.29) is 23.3 Å². The summed E-state index contributed by atoms with van der Waals surface area (Å²) in [5, 5.41) is 18.7. The molecule has 264 valence electrons. The fourth-order valence-corrected chi connectivity index (χ4v) is 4.87. The highest BCUT2D eigenvalue weighted by Gasteiger charge is 2.32. The zero-order valence-corrected chi connectivity index (χ0v) is 27.7. The molecule has 0 saturated heterocycles. The largest absolute Gasteiger partial charge is 0.495 e. The number of nitrogens with one attached hydrogen (secondary N) is 2. The van der Waals surface area contributed by atoms with Gasteiger partial charge in [-0.05, 0) is 81.6 Å². The van der Waals surface area contributed by atoms with Crippen LogP contribution in [0, 0.1) is 5.82 Å². The van der Waals surface area contributed by atoms with Crippen LogP contribution in [0.4, 0.5) is 29.1 Å². The van der Waals surface area contributed by atoms with Crippen molar-refractivity contribution in [3.63, 3.8) is 0 Å². The number of rotatable bonds is 11. The lowest BCUT2D eigenvalue weighted by molar-refractivity contribution is -0.138. The summed E-state index contributed by atoms with van der Waals surface area (Å²) in [7, 11) is 5.47. The Hall–Kier alpha value is -5.61. The van der Waals surface area contributed by atoms with Crippen LogP contribution in [0.3, 0.4) is 0 Å².